The van der Waals surface area contributed by atoms with Crippen molar-refractivity contribution in [2.45, 2.75) is 45.1 Å². The van der Waals surface area contributed by atoms with Gasteiger partial charge in [-0.3, -0.25) is 10.4 Å². The van der Waals surface area contributed by atoms with E-state index in [4.69, 9.17) is 37.9 Å². The van der Waals surface area contributed by atoms with Crippen LogP contribution in [0.2, 0.25) is 0 Å². The summed E-state index contributed by atoms with van der Waals surface area (Å²) in [6.07, 6.45) is -2.57. The van der Waals surface area contributed by atoms with Crippen molar-refractivity contribution in [1.29, 1.82) is 0 Å². The average molecular weight is 895 g/mol. The molecule has 5 aromatic rings. The average Bonchev–Trinajstić information content (AvgIpc) is 3.29. The van der Waals surface area contributed by atoms with Crippen molar-refractivity contribution in [3.8, 4) is 23.0 Å². The normalized spacial score (nSPS) is 11.8. The van der Waals surface area contributed by atoms with Crippen molar-refractivity contribution in [1.82, 2.24) is 21.1 Å². The summed E-state index contributed by atoms with van der Waals surface area (Å²) >= 11 is 0. The monoisotopic (exact) mass is 894 g/mol. The summed E-state index contributed by atoms with van der Waals surface area (Å²) in [6, 6.07) is 36.2. The molecule has 0 spiro atoms. The van der Waals surface area contributed by atoms with Crippen LogP contribution in [0.3, 0.4) is 0 Å². The topological polar surface area (TPSA) is 154 Å². The van der Waals surface area contributed by atoms with Gasteiger partial charge in [0.1, 0.15) is 23.0 Å². The quantitative estimate of drug-likeness (QED) is 0.0403. The van der Waals surface area contributed by atoms with Crippen LogP contribution < -0.4 is 44.8 Å². The number of hydrogen-bond donors (Lipinski definition) is 3. The van der Waals surface area contributed by atoms with Crippen molar-refractivity contribution >= 4 is 23.6 Å². The fourth-order valence-electron chi connectivity index (χ4n) is 6.28. The number of hydrogen-bond acceptors (Lipinski definition) is 14. The molecule has 0 aliphatic carbocycles. The number of carbonyl (C=O) groups excluding carboxylic acids is 2. The molecule has 16 heteroatoms. The summed E-state index contributed by atoms with van der Waals surface area (Å²) in [5.41, 5.74) is 9.76. The molecule has 0 fully saturated rings. The number of alkyl carbamates (subject to hydrolysis) is 2. The number of methoxy groups -OCH3 is 2. The first-order chi connectivity index (χ1) is 31.3. The van der Waals surface area contributed by atoms with Gasteiger partial charge in [0.25, 0.3) is 0 Å². The summed E-state index contributed by atoms with van der Waals surface area (Å²) in [7, 11) is 14.8. The molecule has 2 amide bonds. The van der Waals surface area contributed by atoms with Gasteiger partial charge in [-0.15, -0.1) is 0 Å². The lowest BCUT2D eigenvalue weighted by atomic mass is 10.1. The number of anilines is 2. The van der Waals surface area contributed by atoms with Crippen molar-refractivity contribution < 1.29 is 47.5 Å². The molecule has 0 bridgehead atoms. The Morgan fingerprint density at radius 1 is 0.492 bits per heavy atom. The van der Waals surface area contributed by atoms with Gasteiger partial charge < -0.3 is 58.3 Å². The zero-order valence-corrected chi connectivity index (χ0v) is 38.5. The lowest BCUT2D eigenvalue weighted by Crippen LogP contribution is -2.30. The number of amides is 2. The van der Waals surface area contributed by atoms with Crippen LogP contribution in [-0.4, -0.2) is 99.9 Å². The predicted octanol–water partition coefficient (Wildman–Crippen LogP) is 7.10. The van der Waals surface area contributed by atoms with Gasteiger partial charge in [0.15, 0.2) is 13.6 Å². The number of nitrogens with one attached hydrogen (secondary N) is 3. The summed E-state index contributed by atoms with van der Waals surface area (Å²) in [4.78, 5) is 29.5. The van der Waals surface area contributed by atoms with E-state index in [9.17, 15) is 9.59 Å². The Morgan fingerprint density at radius 2 is 0.908 bits per heavy atom. The maximum absolute atomic E-state index is 12.7. The first kappa shape index (κ1) is 49.3. The highest BCUT2D eigenvalue weighted by Crippen LogP contribution is 2.28. The van der Waals surface area contributed by atoms with E-state index in [2.05, 4.69) is 16.1 Å². The molecule has 2 unspecified atom stereocenters. The minimum absolute atomic E-state index is 0.277. The van der Waals surface area contributed by atoms with Crippen molar-refractivity contribution in [2.75, 3.05) is 79.9 Å². The summed E-state index contributed by atoms with van der Waals surface area (Å²) in [5, 5.41) is 7.36. The van der Waals surface area contributed by atoms with Crippen molar-refractivity contribution in [2.24, 2.45) is 0 Å². The van der Waals surface area contributed by atoms with Crippen LogP contribution in [0.25, 0.3) is 0 Å². The highest BCUT2D eigenvalue weighted by atomic mass is 16.8. The Hall–Kier alpha value is -6.72. The van der Waals surface area contributed by atoms with E-state index in [1.54, 1.807) is 20.3 Å². The van der Waals surface area contributed by atoms with E-state index < -0.39 is 38.4 Å². The molecule has 5 rings (SSSR count). The fraction of sp³-hybridized carbons (Fsp3) is 0.347. The third kappa shape index (κ3) is 17.4. The number of hydrazine groups is 1. The SMILES string of the molecule is COc1cccc(CC(OCOC(=O)NCc2ccc(N(C)C)cc2)Oc2cc(CNN(C)C)cc(OC(Cc3cccc(OC)c3)OCOC(=O)NCc3ccc(N(C)C)cc3)c2)c1. The third-order valence-electron chi connectivity index (χ3n) is 9.81. The minimum atomic E-state index is -0.917. The lowest BCUT2D eigenvalue weighted by Gasteiger charge is -2.23. The molecule has 0 saturated heterocycles. The van der Waals surface area contributed by atoms with E-state index in [-0.39, 0.29) is 25.9 Å². The van der Waals surface area contributed by atoms with Gasteiger partial charge in [0.05, 0.1) is 14.2 Å². The third-order valence-corrected chi connectivity index (χ3v) is 9.81. The Kier molecular flexibility index (Phi) is 19.4. The Bertz CT molecular complexity index is 2080. The second-order valence-corrected chi connectivity index (χ2v) is 15.5. The second kappa shape index (κ2) is 25.5. The fourth-order valence-corrected chi connectivity index (χ4v) is 6.28. The van der Waals surface area contributed by atoms with Crippen LogP contribution in [0, 0.1) is 0 Å². The minimum Gasteiger partial charge on any atom is -0.497 e. The molecule has 2 atom stereocenters. The Balaban J connectivity index is 1.30. The standard InChI is InChI=1S/C49H62N6O10/c1-53(2)40-19-15-35(16-20-40)30-50-48(56)62-33-60-46(27-37-11-9-13-42(23-37)58-7)64-44-25-39(32-52-55(5)6)26-45(29-44)65-47(28-38-12-10-14-43(24-38)59-8)61-34-63-49(57)51-31-36-17-21-41(22-18-36)54(3)4/h9-26,29,46-47,52H,27-28,30-34H2,1-8H3,(H,50,56)(H,51,57). The van der Waals surface area contributed by atoms with Gasteiger partial charge in [-0.1, -0.05) is 48.5 Å². The van der Waals surface area contributed by atoms with Crippen molar-refractivity contribution in [3.05, 3.63) is 143 Å². The van der Waals surface area contributed by atoms with Crippen LogP contribution in [0.15, 0.2) is 115 Å². The summed E-state index contributed by atoms with van der Waals surface area (Å²) < 4.78 is 46.9. The predicted molar refractivity (Wildman–Crippen MR) is 249 cm³/mol. The van der Waals surface area contributed by atoms with Gasteiger partial charge in [-0.25, -0.2) is 9.59 Å². The molecular formula is C49H62N6O10. The molecule has 348 valence electrons. The maximum atomic E-state index is 12.7. The molecule has 0 aliphatic heterocycles. The van der Waals surface area contributed by atoms with Crippen LogP contribution in [0.1, 0.15) is 27.8 Å². The highest BCUT2D eigenvalue weighted by molar-refractivity contribution is 5.67. The number of ether oxygens (including phenoxy) is 8. The molecular weight excluding hydrogens is 833 g/mol. The van der Waals surface area contributed by atoms with Gasteiger partial charge in [0.2, 0.25) is 12.6 Å². The van der Waals surface area contributed by atoms with Crippen molar-refractivity contribution in [3.63, 3.8) is 0 Å². The smallest absolute Gasteiger partial charge is 0.409 e. The zero-order chi connectivity index (χ0) is 46.6. The van der Waals surface area contributed by atoms with Crippen LogP contribution in [-0.2, 0) is 51.4 Å². The lowest BCUT2D eigenvalue weighted by molar-refractivity contribution is -0.138. The molecule has 0 aromatic heterocycles. The van der Waals surface area contributed by atoms with Crippen LogP contribution >= 0.6 is 0 Å². The molecule has 0 aliphatic rings. The Labute approximate surface area is 382 Å². The van der Waals surface area contributed by atoms with E-state index in [0.717, 1.165) is 39.2 Å². The number of nitrogens with zero attached hydrogens (tertiary/aromatic N) is 3. The molecule has 0 radical (unpaired) electrons. The first-order valence-corrected chi connectivity index (χ1v) is 21.1. The largest absolute Gasteiger partial charge is 0.497 e. The van der Waals surface area contributed by atoms with Crippen LogP contribution in [0.4, 0.5) is 21.0 Å². The molecule has 65 heavy (non-hydrogen) atoms. The van der Waals surface area contributed by atoms with Gasteiger partial charge in [-0.2, -0.15) is 0 Å². The molecule has 0 saturated carbocycles. The zero-order valence-electron chi connectivity index (χ0n) is 38.5. The van der Waals surface area contributed by atoms with Gasteiger partial charge in [0, 0.05) is 92.2 Å². The molecule has 5 aromatic carbocycles. The molecule has 0 heterocycles. The van der Waals surface area contributed by atoms with Gasteiger partial charge in [-0.05, 0) is 88.5 Å². The summed E-state index contributed by atoms with van der Waals surface area (Å²) in [5.74, 6) is 2.15. The highest BCUT2D eigenvalue weighted by Gasteiger charge is 2.19. The van der Waals surface area contributed by atoms with Gasteiger partial charge >= 0.3 is 12.2 Å². The van der Waals surface area contributed by atoms with E-state index in [0.29, 0.717) is 29.5 Å². The number of rotatable bonds is 25. The van der Waals surface area contributed by atoms with E-state index in [1.165, 1.54) is 0 Å². The number of carbonyl (C=O) groups is 2. The van der Waals surface area contributed by atoms with Crippen LogP contribution in [0.5, 0.6) is 23.0 Å². The molecule has 3 N–H and O–H groups in total. The Morgan fingerprint density at radius 3 is 1.29 bits per heavy atom. The van der Waals surface area contributed by atoms with E-state index >= 15 is 0 Å². The number of benzene rings is 5. The maximum Gasteiger partial charge on any atom is 0.409 e. The second-order valence-electron chi connectivity index (χ2n) is 15.5. The van der Waals surface area contributed by atoms with E-state index in [1.807, 2.05) is 166 Å². The summed E-state index contributed by atoms with van der Waals surface area (Å²) in [6.45, 7) is 0.198. The molecule has 16 nitrogen and oxygen atoms in total. The first-order valence-electron chi connectivity index (χ1n) is 21.1.